The molecule has 0 atom stereocenters. The summed E-state index contributed by atoms with van der Waals surface area (Å²) in [5.74, 6) is 0. The molecule has 3 nitrogen and oxygen atoms in total. The zero-order chi connectivity index (χ0) is 8.81. The molecule has 1 aromatic rings. The second-order valence-corrected chi connectivity index (χ2v) is 3.05. The fourth-order valence-electron chi connectivity index (χ4n) is 0.671. The van der Waals surface area contributed by atoms with Gasteiger partial charge in [-0.1, -0.05) is 6.08 Å². The molecule has 12 heavy (non-hydrogen) atoms. The minimum atomic E-state index is -0.197. The van der Waals surface area contributed by atoms with Gasteiger partial charge in [-0.05, 0) is 17.5 Å². The summed E-state index contributed by atoms with van der Waals surface area (Å²) in [6.45, 7) is 3.97. The molecule has 4 heteroatoms. The Hall–Kier alpha value is -1.29. The highest BCUT2D eigenvalue weighted by atomic mass is 32.1. The summed E-state index contributed by atoms with van der Waals surface area (Å²) in [5, 5.41) is 8.04. The average Bonchev–Trinajstić information content (AvgIpc) is 2.53. The molecule has 0 saturated carbocycles. The van der Waals surface area contributed by atoms with Crippen LogP contribution < -0.4 is 10.6 Å². The Morgan fingerprint density at radius 2 is 2.58 bits per heavy atom. The van der Waals surface area contributed by atoms with E-state index in [1.165, 1.54) is 11.3 Å². The molecule has 0 fully saturated rings. The highest BCUT2D eigenvalue weighted by molar-refractivity contribution is 7.14. The first-order valence-electron chi connectivity index (χ1n) is 3.52. The van der Waals surface area contributed by atoms with Crippen molar-refractivity contribution in [2.45, 2.75) is 0 Å². The number of urea groups is 1. The first kappa shape index (κ1) is 8.80. The van der Waals surface area contributed by atoms with Crippen molar-refractivity contribution in [2.75, 3.05) is 11.9 Å². The Labute approximate surface area is 75.1 Å². The van der Waals surface area contributed by atoms with Gasteiger partial charge >= 0.3 is 6.03 Å². The van der Waals surface area contributed by atoms with Crippen molar-refractivity contribution in [1.29, 1.82) is 0 Å². The van der Waals surface area contributed by atoms with Crippen LogP contribution in [0.2, 0.25) is 0 Å². The largest absolute Gasteiger partial charge is 0.334 e. The van der Waals surface area contributed by atoms with E-state index in [-0.39, 0.29) is 6.03 Å². The summed E-state index contributed by atoms with van der Waals surface area (Å²) in [6, 6.07) is 3.53. The molecule has 0 unspecified atom stereocenters. The van der Waals surface area contributed by atoms with Crippen molar-refractivity contribution in [3.8, 4) is 0 Å². The summed E-state index contributed by atoms with van der Waals surface area (Å²) >= 11 is 1.49. The van der Waals surface area contributed by atoms with Gasteiger partial charge in [0, 0.05) is 6.54 Å². The van der Waals surface area contributed by atoms with Crippen molar-refractivity contribution in [2.24, 2.45) is 0 Å². The van der Waals surface area contributed by atoms with Crippen LogP contribution in [0.5, 0.6) is 0 Å². The van der Waals surface area contributed by atoms with E-state index in [0.29, 0.717) is 6.54 Å². The van der Waals surface area contributed by atoms with Crippen molar-refractivity contribution in [1.82, 2.24) is 5.32 Å². The van der Waals surface area contributed by atoms with Crippen LogP contribution in [-0.4, -0.2) is 12.6 Å². The minimum absolute atomic E-state index is 0.197. The second-order valence-electron chi connectivity index (χ2n) is 2.10. The van der Waals surface area contributed by atoms with E-state index >= 15 is 0 Å². The molecule has 0 bridgehead atoms. The average molecular weight is 182 g/mol. The van der Waals surface area contributed by atoms with Crippen LogP contribution in [0.1, 0.15) is 0 Å². The fourth-order valence-corrected chi connectivity index (χ4v) is 1.28. The van der Waals surface area contributed by atoms with E-state index in [1.807, 2.05) is 17.5 Å². The number of hydrogen-bond donors (Lipinski definition) is 2. The van der Waals surface area contributed by atoms with Crippen LogP contribution in [0.15, 0.2) is 30.2 Å². The normalized spacial score (nSPS) is 9.00. The maximum atomic E-state index is 11.0. The first-order chi connectivity index (χ1) is 5.83. The number of carbonyl (C=O) groups is 1. The summed E-state index contributed by atoms with van der Waals surface area (Å²) in [4.78, 5) is 11.0. The molecule has 0 aliphatic rings. The van der Waals surface area contributed by atoms with E-state index < -0.39 is 0 Å². The van der Waals surface area contributed by atoms with Gasteiger partial charge < -0.3 is 5.32 Å². The van der Waals surface area contributed by atoms with E-state index in [0.717, 1.165) is 5.00 Å². The predicted octanol–water partition coefficient (Wildman–Crippen LogP) is 2.06. The van der Waals surface area contributed by atoms with Gasteiger partial charge in [-0.15, -0.1) is 17.9 Å². The van der Waals surface area contributed by atoms with Gasteiger partial charge in [0.25, 0.3) is 0 Å². The van der Waals surface area contributed by atoms with Crippen molar-refractivity contribution in [3.05, 3.63) is 30.2 Å². The van der Waals surface area contributed by atoms with Crippen LogP contribution >= 0.6 is 11.3 Å². The van der Waals surface area contributed by atoms with Crippen LogP contribution in [0.3, 0.4) is 0 Å². The first-order valence-corrected chi connectivity index (χ1v) is 4.40. The molecular weight excluding hydrogens is 172 g/mol. The molecule has 0 aromatic carbocycles. The number of amides is 2. The molecule has 2 N–H and O–H groups in total. The maximum absolute atomic E-state index is 11.0. The molecule has 1 aromatic heterocycles. The Kier molecular flexibility index (Phi) is 3.35. The van der Waals surface area contributed by atoms with E-state index in [1.54, 1.807) is 6.08 Å². The fraction of sp³-hybridized carbons (Fsp3) is 0.125. The number of rotatable bonds is 3. The monoisotopic (exact) mass is 182 g/mol. The van der Waals surface area contributed by atoms with Crippen LogP contribution in [0.25, 0.3) is 0 Å². The van der Waals surface area contributed by atoms with Gasteiger partial charge in [0.05, 0.1) is 5.00 Å². The lowest BCUT2D eigenvalue weighted by molar-refractivity contribution is 0.253. The Morgan fingerprint density at radius 3 is 3.17 bits per heavy atom. The van der Waals surface area contributed by atoms with Gasteiger partial charge in [0.1, 0.15) is 0 Å². The number of anilines is 1. The highest BCUT2D eigenvalue weighted by Crippen LogP contribution is 2.14. The van der Waals surface area contributed by atoms with Crippen molar-refractivity contribution < 1.29 is 4.79 Å². The van der Waals surface area contributed by atoms with Crippen molar-refractivity contribution in [3.63, 3.8) is 0 Å². The summed E-state index contributed by atoms with van der Waals surface area (Å²) in [6.07, 6.45) is 1.63. The van der Waals surface area contributed by atoms with Crippen molar-refractivity contribution >= 4 is 22.4 Å². The Morgan fingerprint density at radius 1 is 1.75 bits per heavy atom. The molecule has 2 amide bonds. The standard InChI is InChI=1S/C8H10N2OS/c1-2-5-9-8(11)10-7-4-3-6-12-7/h2-4,6H,1,5H2,(H2,9,10,11). The molecular formula is C8H10N2OS. The minimum Gasteiger partial charge on any atom is -0.334 e. The van der Waals surface area contributed by atoms with Crippen LogP contribution in [0.4, 0.5) is 9.80 Å². The smallest absolute Gasteiger partial charge is 0.320 e. The maximum Gasteiger partial charge on any atom is 0.320 e. The zero-order valence-electron chi connectivity index (χ0n) is 6.54. The molecule has 0 aliphatic carbocycles. The van der Waals surface area contributed by atoms with Gasteiger partial charge in [-0.2, -0.15) is 0 Å². The van der Waals surface area contributed by atoms with E-state index in [9.17, 15) is 4.79 Å². The zero-order valence-corrected chi connectivity index (χ0v) is 7.36. The van der Waals surface area contributed by atoms with Crippen LogP contribution in [0, 0.1) is 0 Å². The summed E-state index contributed by atoms with van der Waals surface area (Å²) in [7, 11) is 0. The van der Waals surface area contributed by atoms with E-state index in [2.05, 4.69) is 17.2 Å². The van der Waals surface area contributed by atoms with Crippen LogP contribution in [-0.2, 0) is 0 Å². The molecule has 0 aliphatic heterocycles. The SMILES string of the molecule is C=CCNC(=O)Nc1cccs1. The van der Waals surface area contributed by atoms with Gasteiger partial charge in [0.2, 0.25) is 0 Å². The molecule has 0 radical (unpaired) electrons. The number of carbonyl (C=O) groups excluding carboxylic acids is 1. The quantitative estimate of drug-likeness (QED) is 0.690. The number of hydrogen-bond acceptors (Lipinski definition) is 2. The Balaban J connectivity index is 2.32. The lowest BCUT2D eigenvalue weighted by atomic mass is 10.6. The van der Waals surface area contributed by atoms with Gasteiger partial charge in [-0.3, -0.25) is 5.32 Å². The highest BCUT2D eigenvalue weighted by Gasteiger charge is 1.98. The second kappa shape index (κ2) is 4.56. The summed E-state index contributed by atoms with van der Waals surface area (Å²) in [5.41, 5.74) is 0. The van der Waals surface area contributed by atoms with Gasteiger partial charge in [-0.25, -0.2) is 4.79 Å². The third-order valence-corrected chi connectivity index (χ3v) is 1.95. The lowest BCUT2D eigenvalue weighted by Gasteiger charge is -2.01. The molecule has 64 valence electrons. The Bertz CT molecular complexity index is 256. The third kappa shape index (κ3) is 2.75. The lowest BCUT2D eigenvalue weighted by Crippen LogP contribution is -2.28. The number of nitrogens with one attached hydrogen (secondary N) is 2. The number of thiophene rings is 1. The van der Waals surface area contributed by atoms with E-state index in [4.69, 9.17) is 0 Å². The topological polar surface area (TPSA) is 41.1 Å². The summed E-state index contributed by atoms with van der Waals surface area (Å²) < 4.78 is 0. The molecule has 0 spiro atoms. The molecule has 1 heterocycles. The predicted molar refractivity (Wildman–Crippen MR) is 51.5 cm³/mol. The third-order valence-electron chi connectivity index (χ3n) is 1.16. The molecule has 1 rings (SSSR count). The van der Waals surface area contributed by atoms with Gasteiger partial charge in [0.15, 0.2) is 0 Å². The molecule has 0 saturated heterocycles.